The average molecular weight is 322 g/mol. The van der Waals surface area contributed by atoms with Gasteiger partial charge in [-0.2, -0.15) is 0 Å². The van der Waals surface area contributed by atoms with Crippen molar-refractivity contribution < 1.29 is 19.1 Å². The van der Waals surface area contributed by atoms with Gasteiger partial charge in [0.1, 0.15) is 5.54 Å². The molecule has 1 amide bonds. The van der Waals surface area contributed by atoms with Crippen molar-refractivity contribution in [3.8, 4) is 0 Å². The molecule has 2 saturated heterocycles. The summed E-state index contributed by atoms with van der Waals surface area (Å²) in [7, 11) is 0. The number of esters is 1. The van der Waals surface area contributed by atoms with Gasteiger partial charge in [-0.05, 0) is 37.1 Å². The molecule has 22 heavy (non-hydrogen) atoms. The van der Waals surface area contributed by atoms with Crippen LogP contribution in [-0.2, 0) is 14.3 Å². The Hall–Kier alpha value is -1.75. The van der Waals surface area contributed by atoms with Gasteiger partial charge in [0.25, 0.3) is 5.79 Å². The zero-order valence-electron chi connectivity index (χ0n) is 12.2. The van der Waals surface area contributed by atoms with E-state index in [-0.39, 0.29) is 11.9 Å². The van der Waals surface area contributed by atoms with Gasteiger partial charge in [-0.15, -0.1) is 0 Å². The molecule has 3 atom stereocenters. The third-order valence-corrected chi connectivity index (χ3v) is 5.44. The Morgan fingerprint density at radius 2 is 1.91 bits per heavy atom. The normalized spacial score (nSPS) is 36.6. The second kappa shape index (κ2) is 4.38. The maximum absolute atomic E-state index is 12.5. The zero-order valence-corrected chi connectivity index (χ0v) is 12.9. The highest BCUT2D eigenvalue weighted by Crippen LogP contribution is 2.58. The van der Waals surface area contributed by atoms with Crippen LogP contribution in [-0.4, -0.2) is 23.4 Å². The van der Waals surface area contributed by atoms with Crippen LogP contribution in [0.4, 0.5) is 10.5 Å². The van der Waals surface area contributed by atoms with E-state index in [4.69, 9.17) is 21.1 Å². The number of ether oxygens (including phenoxy) is 2. The van der Waals surface area contributed by atoms with E-state index >= 15 is 0 Å². The van der Waals surface area contributed by atoms with Gasteiger partial charge in [0.05, 0.1) is 5.92 Å². The molecule has 1 aromatic rings. The highest BCUT2D eigenvalue weighted by atomic mass is 35.5. The Kier molecular flexibility index (Phi) is 2.77. The van der Waals surface area contributed by atoms with Gasteiger partial charge < -0.3 is 9.47 Å². The Bertz CT molecular complexity index is 661. The van der Waals surface area contributed by atoms with Crippen LogP contribution in [0.25, 0.3) is 0 Å². The van der Waals surface area contributed by atoms with E-state index in [0.29, 0.717) is 17.1 Å². The van der Waals surface area contributed by atoms with Crippen LogP contribution < -0.4 is 4.90 Å². The number of amides is 1. The fraction of sp³-hybridized carbons (Fsp3) is 0.500. The second-order valence-electron chi connectivity index (χ2n) is 6.27. The third-order valence-electron chi connectivity index (χ3n) is 5.19. The Balaban J connectivity index is 1.88. The van der Waals surface area contributed by atoms with E-state index in [1.807, 2.05) is 0 Å². The number of benzene rings is 1. The summed E-state index contributed by atoms with van der Waals surface area (Å²) in [5.41, 5.74) is -0.0731. The van der Waals surface area contributed by atoms with Crippen LogP contribution in [0.1, 0.15) is 32.6 Å². The van der Waals surface area contributed by atoms with E-state index in [0.717, 1.165) is 19.3 Å². The topological polar surface area (TPSA) is 55.8 Å². The van der Waals surface area contributed by atoms with Crippen LogP contribution in [0.3, 0.4) is 0 Å². The lowest BCUT2D eigenvalue weighted by Gasteiger charge is -2.42. The first-order valence-corrected chi connectivity index (χ1v) is 7.87. The quantitative estimate of drug-likeness (QED) is 0.743. The molecule has 2 heterocycles. The number of carbonyl (C=O) groups is 2. The van der Waals surface area contributed by atoms with Crippen molar-refractivity contribution in [3.63, 3.8) is 0 Å². The summed E-state index contributed by atoms with van der Waals surface area (Å²) < 4.78 is 11.0. The smallest absolute Gasteiger partial charge is 0.418 e. The first-order chi connectivity index (χ1) is 10.5. The van der Waals surface area contributed by atoms with Crippen molar-refractivity contribution in [2.45, 2.75) is 43.9 Å². The van der Waals surface area contributed by atoms with E-state index < -0.39 is 17.4 Å². The molecule has 5 nitrogen and oxygen atoms in total. The van der Waals surface area contributed by atoms with Crippen molar-refractivity contribution in [2.75, 3.05) is 4.90 Å². The predicted octanol–water partition coefficient (Wildman–Crippen LogP) is 3.50. The predicted molar refractivity (Wildman–Crippen MR) is 79.6 cm³/mol. The van der Waals surface area contributed by atoms with Crippen LogP contribution in [0.5, 0.6) is 0 Å². The van der Waals surface area contributed by atoms with Crippen molar-refractivity contribution in [1.29, 1.82) is 0 Å². The molecule has 116 valence electrons. The first kappa shape index (κ1) is 13.9. The molecule has 6 heteroatoms. The lowest BCUT2D eigenvalue weighted by atomic mass is 9.69. The van der Waals surface area contributed by atoms with Crippen LogP contribution >= 0.6 is 11.6 Å². The summed E-state index contributed by atoms with van der Waals surface area (Å²) in [5.74, 6) is -1.83. The van der Waals surface area contributed by atoms with Crippen LogP contribution in [0, 0.1) is 5.92 Å². The van der Waals surface area contributed by atoms with E-state index in [1.54, 1.807) is 36.1 Å². The molecule has 0 bridgehead atoms. The standard InChI is InChI=1S/C16H16ClNO4/c1-15-16(9-3-2-4-12(16)13(19)21-15)18(14(20)22-15)11-7-5-10(17)6-8-11/h5-8,12H,2-4,9H2,1H3. The minimum absolute atomic E-state index is 0.270. The summed E-state index contributed by atoms with van der Waals surface area (Å²) >= 11 is 5.94. The van der Waals surface area contributed by atoms with Gasteiger partial charge in [0.2, 0.25) is 0 Å². The highest BCUT2D eigenvalue weighted by molar-refractivity contribution is 6.30. The number of rotatable bonds is 1. The highest BCUT2D eigenvalue weighted by Gasteiger charge is 2.75. The van der Waals surface area contributed by atoms with Crippen molar-refractivity contribution in [2.24, 2.45) is 5.92 Å². The van der Waals surface area contributed by atoms with Gasteiger partial charge in [-0.3, -0.25) is 9.69 Å². The fourth-order valence-corrected chi connectivity index (χ4v) is 4.37. The molecule has 4 rings (SSSR count). The third kappa shape index (κ3) is 1.55. The fourth-order valence-electron chi connectivity index (χ4n) is 4.24. The van der Waals surface area contributed by atoms with Gasteiger partial charge in [0.15, 0.2) is 0 Å². The Morgan fingerprint density at radius 1 is 1.18 bits per heavy atom. The average Bonchev–Trinajstić information content (AvgIpc) is 2.81. The van der Waals surface area contributed by atoms with Crippen molar-refractivity contribution in [3.05, 3.63) is 29.3 Å². The molecule has 3 aliphatic rings. The number of carbonyl (C=O) groups excluding carboxylic acids is 2. The monoisotopic (exact) mass is 321 g/mol. The second-order valence-corrected chi connectivity index (χ2v) is 6.71. The Morgan fingerprint density at radius 3 is 2.64 bits per heavy atom. The van der Waals surface area contributed by atoms with Gasteiger partial charge in [0, 0.05) is 17.6 Å². The number of nitrogens with zero attached hydrogens (tertiary/aromatic N) is 1. The van der Waals surface area contributed by atoms with E-state index in [2.05, 4.69) is 0 Å². The van der Waals surface area contributed by atoms with Crippen LogP contribution in [0.2, 0.25) is 5.02 Å². The Labute approximate surface area is 133 Å². The van der Waals surface area contributed by atoms with Crippen molar-refractivity contribution >= 4 is 29.4 Å². The van der Waals surface area contributed by atoms with Gasteiger partial charge >= 0.3 is 12.1 Å². The lowest BCUT2D eigenvalue weighted by Crippen LogP contribution is -2.60. The minimum Gasteiger partial charge on any atom is -0.420 e. The number of anilines is 1. The van der Waals surface area contributed by atoms with Crippen LogP contribution in [0.15, 0.2) is 24.3 Å². The molecule has 0 N–H and O–H groups in total. The van der Waals surface area contributed by atoms with E-state index in [1.165, 1.54) is 0 Å². The number of hydrogen-bond acceptors (Lipinski definition) is 4. The SMILES string of the molecule is CC12OC(=O)C3CCCCC31N(c1ccc(Cl)cc1)C(=O)O2. The molecule has 0 aromatic heterocycles. The molecule has 3 fully saturated rings. The number of halogens is 1. The summed E-state index contributed by atoms with van der Waals surface area (Å²) in [6.07, 6.45) is 2.83. The van der Waals surface area contributed by atoms with Gasteiger partial charge in [-0.25, -0.2) is 4.79 Å². The molecular formula is C16H16ClNO4. The molecule has 1 aliphatic carbocycles. The zero-order chi connectivity index (χ0) is 15.5. The lowest BCUT2D eigenvalue weighted by molar-refractivity contribution is -0.182. The maximum Gasteiger partial charge on any atom is 0.418 e. The summed E-state index contributed by atoms with van der Waals surface area (Å²) in [6.45, 7) is 1.70. The summed E-state index contributed by atoms with van der Waals surface area (Å²) in [5, 5.41) is 0.593. The van der Waals surface area contributed by atoms with E-state index in [9.17, 15) is 9.59 Å². The number of hydrogen-bond donors (Lipinski definition) is 0. The molecule has 1 spiro atoms. The molecule has 1 saturated carbocycles. The minimum atomic E-state index is -1.22. The van der Waals surface area contributed by atoms with Crippen molar-refractivity contribution in [1.82, 2.24) is 0 Å². The molecular weight excluding hydrogens is 306 g/mol. The molecule has 0 radical (unpaired) electrons. The molecule has 1 aromatic carbocycles. The molecule has 2 aliphatic heterocycles. The van der Waals surface area contributed by atoms with Gasteiger partial charge in [-0.1, -0.05) is 24.4 Å². The molecule has 3 unspecified atom stereocenters. The largest absolute Gasteiger partial charge is 0.420 e. The summed E-state index contributed by atoms with van der Waals surface area (Å²) in [4.78, 5) is 26.4. The summed E-state index contributed by atoms with van der Waals surface area (Å²) in [6, 6.07) is 7.01. The first-order valence-electron chi connectivity index (χ1n) is 7.50. The maximum atomic E-state index is 12.5.